The van der Waals surface area contributed by atoms with E-state index in [1.54, 1.807) is 0 Å². The molecule has 2 aromatic carbocycles. The first kappa shape index (κ1) is 15.5. The summed E-state index contributed by atoms with van der Waals surface area (Å²) in [5.41, 5.74) is 5.33. The summed E-state index contributed by atoms with van der Waals surface area (Å²) in [6.07, 6.45) is 2.27. The van der Waals surface area contributed by atoms with Gasteiger partial charge in [-0.15, -0.1) is 0 Å². The van der Waals surface area contributed by atoms with Crippen LogP contribution in [0.25, 0.3) is 16.7 Å². The van der Waals surface area contributed by atoms with Gasteiger partial charge in [-0.05, 0) is 50.0 Å². The first-order valence-corrected chi connectivity index (χ1v) is 7.54. The first-order valence-electron chi connectivity index (χ1n) is 7.54. The number of allylic oxidation sites excluding steroid dienone is 1. The molecule has 0 fully saturated rings. The Kier molecular flexibility index (Phi) is 4.98. The average molecular weight is 279 g/mol. The van der Waals surface area contributed by atoms with Gasteiger partial charge < -0.3 is 5.32 Å². The Bertz CT molecular complexity index is 603. The van der Waals surface area contributed by atoms with Gasteiger partial charge in [0.25, 0.3) is 0 Å². The number of rotatable bonds is 4. The normalized spacial score (nSPS) is 12.5. The van der Waals surface area contributed by atoms with Crippen LogP contribution in [0.5, 0.6) is 0 Å². The molecule has 0 saturated heterocycles. The number of benzene rings is 2. The van der Waals surface area contributed by atoms with Gasteiger partial charge in [0, 0.05) is 12.1 Å². The number of nitrogens with one attached hydrogen (secondary N) is 1. The lowest BCUT2D eigenvalue weighted by atomic mass is 9.95. The molecule has 0 radical (unpaired) electrons. The zero-order valence-electron chi connectivity index (χ0n) is 13.5. The van der Waals surface area contributed by atoms with E-state index in [1.165, 1.54) is 22.3 Å². The standard InChI is InChI=1S/C20H25N/c1-16(14-15-21-20(2,3)4)18-12-8-9-13-19(18)17-10-6-5-7-11-17/h5-14,21H,15H2,1-4H3. The molecule has 0 heterocycles. The summed E-state index contributed by atoms with van der Waals surface area (Å²) >= 11 is 0. The lowest BCUT2D eigenvalue weighted by Crippen LogP contribution is -2.35. The summed E-state index contributed by atoms with van der Waals surface area (Å²) in [6.45, 7) is 9.64. The van der Waals surface area contributed by atoms with Crippen LogP contribution in [0.3, 0.4) is 0 Å². The Labute approximate surface area is 128 Å². The fourth-order valence-corrected chi connectivity index (χ4v) is 2.32. The Hall–Kier alpha value is -1.86. The predicted octanol–water partition coefficient (Wildman–Crippen LogP) is 5.15. The molecular weight excluding hydrogens is 254 g/mol. The highest BCUT2D eigenvalue weighted by Crippen LogP contribution is 2.28. The maximum Gasteiger partial charge on any atom is 0.0145 e. The quantitative estimate of drug-likeness (QED) is 0.816. The van der Waals surface area contributed by atoms with E-state index in [1.807, 2.05) is 0 Å². The molecule has 1 heteroatoms. The Morgan fingerprint density at radius 2 is 1.57 bits per heavy atom. The van der Waals surface area contributed by atoms with Crippen molar-refractivity contribution in [3.05, 3.63) is 66.2 Å². The minimum atomic E-state index is 0.149. The molecular formula is C20H25N. The molecule has 0 bridgehead atoms. The van der Waals surface area contributed by atoms with Gasteiger partial charge in [0.2, 0.25) is 0 Å². The lowest BCUT2D eigenvalue weighted by molar-refractivity contribution is 0.449. The minimum absolute atomic E-state index is 0.149. The zero-order chi connectivity index (χ0) is 15.3. The van der Waals surface area contributed by atoms with Crippen LogP contribution in [0, 0.1) is 0 Å². The van der Waals surface area contributed by atoms with Gasteiger partial charge >= 0.3 is 0 Å². The van der Waals surface area contributed by atoms with Crippen molar-refractivity contribution in [2.75, 3.05) is 6.54 Å². The Morgan fingerprint density at radius 3 is 2.24 bits per heavy atom. The highest BCUT2D eigenvalue weighted by molar-refractivity contribution is 5.80. The van der Waals surface area contributed by atoms with Crippen LogP contribution in [0.2, 0.25) is 0 Å². The minimum Gasteiger partial charge on any atom is -0.309 e. The zero-order valence-corrected chi connectivity index (χ0v) is 13.5. The summed E-state index contributed by atoms with van der Waals surface area (Å²) in [4.78, 5) is 0. The molecule has 1 N–H and O–H groups in total. The van der Waals surface area contributed by atoms with E-state index in [2.05, 4.69) is 93.7 Å². The van der Waals surface area contributed by atoms with Gasteiger partial charge in [0.1, 0.15) is 0 Å². The molecule has 0 aliphatic heterocycles. The van der Waals surface area contributed by atoms with Crippen LogP contribution in [-0.4, -0.2) is 12.1 Å². The Morgan fingerprint density at radius 1 is 0.952 bits per heavy atom. The van der Waals surface area contributed by atoms with Crippen molar-refractivity contribution < 1.29 is 0 Å². The highest BCUT2D eigenvalue weighted by Gasteiger charge is 2.08. The third-order valence-electron chi connectivity index (χ3n) is 3.48. The van der Waals surface area contributed by atoms with Crippen LogP contribution in [0.1, 0.15) is 33.3 Å². The first-order chi connectivity index (χ1) is 9.97. The fraction of sp³-hybridized carbons (Fsp3) is 0.300. The van der Waals surface area contributed by atoms with Crippen molar-refractivity contribution in [1.82, 2.24) is 5.32 Å². The van der Waals surface area contributed by atoms with Crippen molar-refractivity contribution in [3.8, 4) is 11.1 Å². The molecule has 0 unspecified atom stereocenters. The average Bonchev–Trinajstić information content (AvgIpc) is 2.47. The molecule has 2 rings (SSSR count). The molecule has 1 nitrogen and oxygen atoms in total. The molecule has 0 aliphatic rings. The van der Waals surface area contributed by atoms with E-state index in [0.717, 1.165) is 6.54 Å². The van der Waals surface area contributed by atoms with Crippen LogP contribution < -0.4 is 5.32 Å². The molecule has 0 saturated carbocycles. The van der Waals surface area contributed by atoms with Crippen molar-refractivity contribution >= 4 is 5.57 Å². The van der Waals surface area contributed by atoms with Gasteiger partial charge in [-0.2, -0.15) is 0 Å². The summed E-state index contributed by atoms with van der Waals surface area (Å²) in [7, 11) is 0. The smallest absolute Gasteiger partial charge is 0.0145 e. The monoisotopic (exact) mass is 279 g/mol. The fourth-order valence-electron chi connectivity index (χ4n) is 2.32. The molecule has 0 aliphatic carbocycles. The largest absolute Gasteiger partial charge is 0.309 e. The van der Waals surface area contributed by atoms with Crippen molar-refractivity contribution in [2.24, 2.45) is 0 Å². The molecule has 0 atom stereocenters. The van der Waals surface area contributed by atoms with Crippen molar-refractivity contribution in [1.29, 1.82) is 0 Å². The Balaban J connectivity index is 2.26. The van der Waals surface area contributed by atoms with Gasteiger partial charge in [-0.25, -0.2) is 0 Å². The molecule has 110 valence electrons. The number of hydrogen-bond donors (Lipinski definition) is 1. The summed E-state index contributed by atoms with van der Waals surface area (Å²) < 4.78 is 0. The second-order valence-electron chi connectivity index (χ2n) is 6.43. The van der Waals surface area contributed by atoms with E-state index in [4.69, 9.17) is 0 Å². The molecule has 0 amide bonds. The number of hydrogen-bond acceptors (Lipinski definition) is 1. The third-order valence-corrected chi connectivity index (χ3v) is 3.48. The van der Waals surface area contributed by atoms with Gasteiger partial charge in [-0.3, -0.25) is 0 Å². The van der Waals surface area contributed by atoms with Crippen LogP contribution in [-0.2, 0) is 0 Å². The van der Waals surface area contributed by atoms with E-state index in [9.17, 15) is 0 Å². The predicted molar refractivity (Wildman–Crippen MR) is 93.3 cm³/mol. The maximum absolute atomic E-state index is 3.51. The third kappa shape index (κ3) is 4.57. The van der Waals surface area contributed by atoms with Gasteiger partial charge in [0.05, 0.1) is 0 Å². The molecule has 21 heavy (non-hydrogen) atoms. The van der Waals surface area contributed by atoms with Crippen molar-refractivity contribution in [3.63, 3.8) is 0 Å². The summed E-state index contributed by atoms with van der Waals surface area (Å²) in [6, 6.07) is 19.2. The summed E-state index contributed by atoms with van der Waals surface area (Å²) in [5.74, 6) is 0. The van der Waals surface area contributed by atoms with Crippen LogP contribution in [0.4, 0.5) is 0 Å². The second kappa shape index (κ2) is 6.73. The van der Waals surface area contributed by atoms with Crippen molar-refractivity contribution in [2.45, 2.75) is 33.2 Å². The second-order valence-corrected chi connectivity index (χ2v) is 6.43. The SMILES string of the molecule is CC(=CCNC(C)(C)C)c1ccccc1-c1ccccc1. The van der Waals surface area contributed by atoms with E-state index < -0.39 is 0 Å². The van der Waals surface area contributed by atoms with Gasteiger partial charge in [0.15, 0.2) is 0 Å². The summed E-state index contributed by atoms with van der Waals surface area (Å²) in [5, 5.41) is 3.51. The molecule has 0 spiro atoms. The van der Waals surface area contributed by atoms with E-state index in [-0.39, 0.29) is 5.54 Å². The van der Waals surface area contributed by atoms with E-state index in [0.29, 0.717) is 0 Å². The lowest BCUT2D eigenvalue weighted by Gasteiger charge is -2.19. The molecule has 0 aromatic heterocycles. The molecule has 2 aromatic rings. The van der Waals surface area contributed by atoms with Crippen LogP contribution in [0.15, 0.2) is 60.7 Å². The van der Waals surface area contributed by atoms with Gasteiger partial charge in [-0.1, -0.05) is 60.7 Å². The van der Waals surface area contributed by atoms with Crippen LogP contribution >= 0.6 is 0 Å². The van der Waals surface area contributed by atoms with E-state index >= 15 is 0 Å². The topological polar surface area (TPSA) is 12.0 Å². The maximum atomic E-state index is 3.51. The highest BCUT2D eigenvalue weighted by atomic mass is 14.9.